The maximum Gasteiger partial charge on any atom is 0.255 e. The van der Waals surface area contributed by atoms with Gasteiger partial charge in [0.1, 0.15) is 11.4 Å². The molecule has 1 N–H and O–H groups in total. The first-order chi connectivity index (χ1) is 17.9. The normalized spacial score (nSPS) is 10.8. The Morgan fingerprint density at radius 1 is 0.838 bits per heavy atom. The predicted octanol–water partition coefficient (Wildman–Crippen LogP) is 7.82. The maximum atomic E-state index is 12.6. The van der Waals surface area contributed by atoms with E-state index in [0.717, 1.165) is 28.1 Å². The van der Waals surface area contributed by atoms with Crippen LogP contribution in [-0.4, -0.2) is 27.8 Å². The van der Waals surface area contributed by atoms with Crippen LogP contribution in [0, 0.1) is 0 Å². The minimum atomic E-state index is -0.288. The molecule has 5 aromatic rings. The molecule has 1 amide bonds. The summed E-state index contributed by atoms with van der Waals surface area (Å²) in [6, 6.07) is 21.5. The van der Waals surface area contributed by atoms with E-state index in [1.807, 2.05) is 60.8 Å². The summed E-state index contributed by atoms with van der Waals surface area (Å²) in [7, 11) is 1.58. The monoisotopic (exact) mass is 548 g/mol. The highest BCUT2D eigenvalue weighted by molar-refractivity contribution is 6.42. The molecule has 0 spiro atoms. The zero-order valence-corrected chi connectivity index (χ0v) is 21.7. The first-order valence-corrected chi connectivity index (χ1v) is 12.3. The Bertz CT molecular complexity index is 1590. The molecular weight excluding hydrogens is 531 g/mol. The fourth-order valence-electron chi connectivity index (χ4n) is 3.81. The average molecular weight is 550 g/mol. The van der Waals surface area contributed by atoms with Gasteiger partial charge in [-0.2, -0.15) is 5.10 Å². The van der Waals surface area contributed by atoms with Crippen LogP contribution in [-0.2, 0) is 0 Å². The van der Waals surface area contributed by atoms with Crippen molar-refractivity contribution in [1.29, 1.82) is 0 Å². The van der Waals surface area contributed by atoms with Crippen molar-refractivity contribution in [3.8, 4) is 33.8 Å². The molecule has 9 heteroatoms. The van der Waals surface area contributed by atoms with Crippen molar-refractivity contribution in [1.82, 2.24) is 14.8 Å². The minimum Gasteiger partial charge on any atom is -0.495 e. The Labute approximate surface area is 228 Å². The quantitative estimate of drug-likeness (QED) is 0.234. The molecule has 2 heterocycles. The lowest BCUT2D eigenvalue weighted by Crippen LogP contribution is -2.11. The number of carbonyl (C=O) groups excluding carboxylic acids is 1. The van der Waals surface area contributed by atoms with Crippen LogP contribution >= 0.6 is 34.8 Å². The van der Waals surface area contributed by atoms with Crippen LogP contribution in [0.25, 0.3) is 28.1 Å². The highest BCUT2D eigenvalue weighted by Crippen LogP contribution is 2.35. The third-order valence-corrected chi connectivity index (χ3v) is 6.74. The summed E-state index contributed by atoms with van der Waals surface area (Å²) in [5.41, 5.74) is 5.34. The molecule has 0 aliphatic rings. The van der Waals surface area contributed by atoms with Gasteiger partial charge in [-0.3, -0.25) is 9.78 Å². The Hall–Kier alpha value is -3.84. The lowest BCUT2D eigenvalue weighted by atomic mass is 10.0. The van der Waals surface area contributed by atoms with Gasteiger partial charge in [0.15, 0.2) is 0 Å². The van der Waals surface area contributed by atoms with Crippen LogP contribution in [0.3, 0.4) is 0 Å². The molecule has 5 rings (SSSR count). The standard InChI is InChI=1S/C28H19Cl3N4O2/c1-37-26-9-3-18(14-25(26)31)27-22(17-10-12-32-13-11-17)16-35(34-27)21-6-4-20(5-7-21)33-28(36)19-2-8-23(29)24(30)15-19/h2-16H,1H3,(H,33,36). The largest absolute Gasteiger partial charge is 0.495 e. The van der Waals surface area contributed by atoms with Crippen molar-refractivity contribution in [2.45, 2.75) is 0 Å². The number of pyridine rings is 1. The summed E-state index contributed by atoms with van der Waals surface area (Å²) >= 11 is 18.4. The first kappa shape index (κ1) is 24.8. The number of carbonyl (C=O) groups is 1. The highest BCUT2D eigenvalue weighted by atomic mass is 35.5. The van der Waals surface area contributed by atoms with E-state index in [1.165, 1.54) is 6.07 Å². The number of halogens is 3. The number of amides is 1. The average Bonchev–Trinajstić information content (AvgIpc) is 3.37. The van der Waals surface area contributed by atoms with Crippen molar-refractivity contribution >= 4 is 46.4 Å². The Morgan fingerprint density at radius 2 is 1.59 bits per heavy atom. The van der Waals surface area contributed by atoms with Crippen molar-refractivity contribution in [3.05, 3.63) is 112 Å². The molecule has 0 aliphatic heterocycles. The van der Waals surface area contributed by atoms with E-state index in [4.69, 9.17) is 44.6 Å². The molecule has 3 aromatic carbocycles. The van der Waals surface area contributed by atoms with E-state index in [2.05, 4.69) is 10.3 Å². The molecule has 0 radical (unpaired) electrons. The van der Waals surface area contributed by atoms with Gasteiger partial charge in [-0.15, -0.1) is 0 Å². The second-order valence-electron chi connectivity index (χ2n) is 8.05. The molecule has 0 atom stereocenters. The summed E-state index contributed by atoms with van der Waals surface area (Å²) in [5.74, 6) is 0.304. The summed E-state index contributed by atoms with van der Waals surface area (Å²) in [6.07, 6.45) is 5.43. The molecule has 2 aromatic heterocycles. The predicted molar refractivity (Wildman–Crippen MR) is 148 cm³/mol. The fourth-order valence-corrected chi connectivity index (χ4v) is 4.37. The van der Waals surface area contributed by atoms with E-state index in [0.29, 0.717) is 32.1 Å². The Balaban J connectivity index is 1.46. The van der Waals surface area contributed by atoms with E-state index >= 15 is 0 Å². The molecule has 0 aliphatic carbocycles. The fraction of sp³-hybridized carbons (Fsp3) is 0.0357. The number of methoxy groups -OCH3 is 1. The van der Waals surface area contributed by atoms with Gasteiger partial charge in [-0.05, 0) is 78.4 Å². The topological polar surface area (TPSA) is 69.0 Å². The van der Waals surface area contributed by atoms with Crippen LogP contribution in [0.15, 0.2) is 91.4 Å². The second-order valence-corrected chi connectivity index (χ2v) is 9.27. The number of aromatic nitrogens is 3. The Morgan fingerprint density at radius 3 is 2.27 bits per heavy atom. The third kappa shape index (κ3) is 5.32. The number of ether oxygens (including phenoxy) is 1. The van der Waals surface area contributed by atoms with Crippen LogP contribution in [0.1, 0.15) is 10.4 Å². The van der Waals surface area contributed by atoms with E-state index in [1.54, 1.807) is 36.3 Å². The van der Waals surface area contributed by atoms with Gasteiger partial charge in [0, 0.05) is 41.0 Å². The summed E-state index contributed by atoms with van der Waals surface area (Å²) in [4.78, 5) is 16.7. The molecule has 0 unspecified atom stereocenters. The molecule has 0 fully saturated rings. The number of nitrogens with zero attached hydrogens (tertiary/aromatic N) is 3. The molecule has 0 saturated carbocycles. The van der Waals surface area contributed by atoms with Gasteiger partial charge in [0.2, 0.25) is 0 Å². The van der Waals surface area contributed by atoms with Crippen LogP contribution in [0.4, 0.5) is 5.69 Å². The van der Waals surface area contributed by atoms with Crippen LogP contribution in [0.2, 0.25) is 15.1 Å². The van der Waals surface area contributed by atoms with Gasteiger partial charge >= 0.3 is 0 Å². The van der Waals surface area contributed by atoms with Gasteiger partial charge in [-0.1, -0.05) is 34.8 Å². The molecule has 184 valence electrons. The number of rotatable bonds is 6. The second kappa shape index (κ2) is 10.6. The number of nitrogens with one attached hydrogen (secondary N) is 1. The zero-order chi connectivity index (χ0) is 25.9. The number of anilines is 1. The summed E-state index contributed by atoms with van der Waals surface area (Å²) in [6.45, 7) is 0. The van der Waals surface area contributed by atoms with E-state index in [9.17, 15) is 4.79 Å². The molecule has 0 bridgehead atoms. The van der Waals surface area contributed by atoms with Gasteiger partial charge in [0.25, 0.3) is 5.91 Å². The molecule has 6 nitrogen and oxygen atoms in total. The summed E-state index contributed by atoms with van der Waals surface area (Å²) < 4.78 is 7.08. The van der Waals surface area contributed by atoms with Crippen LogP contribution < -0.4 is 10.1 Å². The zero-order valence-electron chi connectivity index (χ0n) is 19.5. The number of benzene rings is 3. The van der Waals surface area contributed by atoms with E-state index in [-0.39, 0.29) is 5.91 Å². The van der Waals surface area contributed by atoms with Gasteiger partial charge < -0.3 is 10.1 Å². The van der Waals surface area contributed by atoms with E-state index < -0.39 is 0 Å². The molecular formula is C28H19Cl3N4O2. The third-order valence-electron chi connectivity index (χ3n) is 5.70. The lowest BCUT2D eigenvalue weighted by Gasteiger charge is -2.08. The smallest absolute Gasteiger partial charge is 0.255 e. The number of hydrogen-bond acceptors (Lipinski definition) is 4. The lowest BCUT2D eigenvalue weighted by molar-refractivity contribution is 0.102. The molecule has 37 heavy (non-hydrogen) atoms. The van der Waals surface area contributed by atoms with Crippen molar-refractivity contribution in [2.75, 3.05) is 12.4 Å². The SMILES string of the molecule is COc1ccc(-c2nn(-c3ccc(NC(=O)c4ccc(Cl)c(Cl)c4)cc3)cc2-c2ccncc2)cc1Cl. The van der Waals surface area contributed by atoms with Crippen molar-refractivity contribution in [2.24, 2.45) is 0 Å². The van der Waals surface area contributed by atoms with Crippen molar-refractivity contribution in [3.63, 3.8) is 0 Å². The maximum absolute atomic E-state index is 12.6. The number of hydrogen-bond donors (Lipinski definition) is 1. The Kier molecular flexibility index (Phi) is 7.15. The highest BCUT2D eigenvalue weighted by Gasteiger charge is 2.16. The first-order valence-electron chi connectivity index (χ1n) is 11.1. The van der Waals surface area contributed by atoms with Gasteiger partial charge in [0.05, 0.1) is 27.9 Å². The van der Waals surface area contributed by atoms with Gasteiger partial charge in [-0.25, -0.2) is 4.68 Å². The summed E-state index contributed by atoms with van der Waals surface area (Å²) in [5, 5.41) is 8.94. The molecule has 0 saturated heterocycles. The van der Waals surface area contributed by atoms with Crippen LogP contribution in [0.5, 0.6) is 5.75 Å². The van der Waals surface area contributed by atoms with Crippen molar-refractivity contribution < 1.29 is 9.53 Å². The minimum absolute atomic E-state index is 0.288.